The van der Waals surface area contributed by atoms with Crippen molar-refractivity contribution >= 4 is 49.4 Å². The fraction of sp³-hybridized carbons (Fsp3) is 0.118. The molecule has 2 aromatic carbocycles. The molecule has 3 aromatic rings. The van der Waals surface area contributed by atoms with Crippen LogP contribution in [0.3, 0.4) is 0 Å². The van der Waals surface area contributed by atoms with E-state index in [4.69, 9.17) is 4.42 Å². The van der Waals surface area contributed by atoms with Crippen LogP contribution in [0.4, 0.5) is 0 Å². The number of thioether (sulfide) groups is 1. The van der Waals surface area contributed by atoms with Crippen molar-refractivity contribution in [3.05, 3.63) is 63.0 Å². The minimum absolute atomic E-state index is 0.0240. The third-order valence-corrected chi connectivity index (χ3v) is 5.26. The molecule has 0 amide bonds. The lowest BCUT2D eigenvalue weighted by molar-refractivity contribution is 0.0993. The van der Waals surface area contributed by atoms with Crippen LogP contribution in [-0.4, -0.2) is 21.2 Å². The molecular weight excluding hydrogens is 456 g/mol. The highest BCUT2D eigenvalue weighted by molar-refractivity contribution is 9.10. The van der Waals surface area contributed by atoms with Gasteiger partial charge in [0.15, 0.2) is 5.78 Å². The summed E-state index contributed by atoms with van der Waals surface area (Å²) < 4.78 is 7.57. The van der Waals surface area contributed by atoms with Gasteiger partial charge in [-0.05, 0) is 43.3 Å². The van der Waals surface area contributed by atoms with Crippen LogP contribution in [0.1, 0.15) is 17.3 Å². The summed E-state index contributed by atoms with van der Waals surface area (Å²) in [7, 11) is 0. The second-order valence-electron chi connectivity index (χ2n) is 5.01. The Hall–Kier alpha value is -1.44. The Balaban J connectivity index is 1.70. The second-order valence-corrected chi connectivity index (χ2v) is 8.13. The molecule has 0 aliphatic heterocycles. The fourth-order valence-corrected chi connectivity index (χ4v) is 3.31. The molecule has 4 nitrogen and oxygen atoms in total. The molecule has 0 radical (unpaired) electrons. The standard InChI is InChI=1S/C17H12Br2N2O2S/c1-10(15(22)11-2-6-13(18)7-3-11)24-17-21-20-16(23-17)12-4-8-14(19)9-5-12/h2-10H,1H3. The molecule has 7 heteroatoms. The lowest BCUT2D eigenvalue weighted by Crippen LogP contribution is -2.13. The van der Waals surface area contributed by atoms with Crippen LogP contribution >= 0.6 is 43.6 Å². The summed E-state index contributed by atoms with van der Waals surface area (Å²) in [5.41, 5.74) is 1.50. The highest BCUT2D eigenvalue weighted by Gasteiger charge is 2.20. The first kappa shape index (κ1) is 17.4. The zero-order chi connectivity index (χ0) is 17.1. The van der Waals surface area contributed by atoms with E-state index in [1.807, 2.05) is 43.3 Å². The first-order chi connectivity index (χ1) is 11.5. The SMILES string of the molecule is CC(Sc1nnc(-c2ccc(Br)cc2)o1)C(=O)c1ccc(Br)cc1. The molecule has 0 bridgehead atoms. The number of rotatable bonds is 5. The average molecular weight is 468 g/mol. The van der Waals surface area contributed by atoms with Crippen molar-refractivity contribution in [1.82, 2.24) is 10.2 Å². The number of hydrogen-bond acceptors (Lipinski definition) is 5. The van der Waals surface area contributed by atoms with Crippen LogP contribution in [0.5, 0.6) is 0 Å². The molecule has 0 saturated carbocycles. The van der Waals surface area contributed by atoms with Crippen LogP contribution in [0.25, 0.3) is 11.5 Å². The van der Waals surface area contributed by atoms with E-state index < -0.39 is 0 Å². The molecule has 1 heterocycles. The summed E-state index contributed by atoms with van der Waals surface area (Å²) in [6.07, 6.45) is 0. The van der Waals surface area contributed by atoms with E-state index in [0.717, 1.165) is 14.5 Å². The van der Waals surface area contributed by atoms with Gasteiger partial charge in [0.2, 0.25) is 5.89 Å². The summed E-state index contributed by atoms with van der Waals surface area (Å²) >= 11 is 8.01. The Labute approximate surface area is 160 Å². The van der Waals surface area contributed by atoms with Gasteiger partial charge in [0.05, 0.1) is 5.25 Å². The Morgan fingerprint density at radius 3 is 2.21 bits per heavy atom. The number of halogens is 2. The van der Waals surface area contributed by atoms with E-state index in [-0.39, 0.29) is 11.0 Å². The molecule has 1 aromatic heterocycles. The molecule has 0 aliphatic carbocycles. The molecule has 0 N–H and O–H groups in total. The van der Waals surface area contributed by atoms with Gasteiger partial charge in [-0.15, -0.1) is 10.2 Å². The Morgan fingerprint density at radius 1 is 1.00 bits per heavy atom. The number of nitrogens with zero attached hydrogens (tertiary/aromatic N) is 2. The van der Waals surface area contributed by atoms with Gasteiger partial charge in [-0.2, -0.15) is 0 Å². The largest absolute Gasteiger partial charge is 0.411 e. The van der Waals surface area contributed by atoms with Gasteiger partial charge in [0.1, 0.15) is 0 Å². The van der Waals surface area contributed by atoms with E-state index in [1.54, 1.807) is 12.1 Å². The van der Waals surface area contributed by atoms with Crippen LogP contribution in [0.15, 0.2) is 67.1 Å². The Kier molecular flexibility index (Phi) is 5.53. The lowest BCUT2D eigenvalue weighted by atomic mass is 10.1. The van der Waals surface area contributed by atoms with Gasteiger partial charge in [-0.25, -0.2) is 0 Å². The van der Waals surface area contributed by atoms with E-state index in [2.05, 4.69) is 42.1 Å². The van der Waals surface area contributed by atoms with Crippen LogP contribution in [0, 0.1) is 0 Å². The number of hydrogen-bond donors (Lipinski definition) is 0. The summed E-state index contributed by atoms with van der Waals surface area (Å²) in [5.74, 6) is 0.462. The maximum atomic E-state index is 12.4. The van der Waals surface area contributed by atoms with Crippen LogP contribution in [0.2, 0.25) is 0 Å². The average Bonchev–Trinajstić information content (AvgIpc) is 3.04. The van der Waals surface area contributed by atoms with Crippen molar-refractivity contribution in [1.29, 1.82) is 0 Å². The third-order valence-electron chi connectivity index (χ3n) is 3.27. The van der Waals surface area contributed by atoms with Gasteiger partial charge in [-0.1, -0.05) is 55.8 Å². The molecule has 0 saturated heterocycles. The molecule has 122 valence electrons. The van der Waals surface area contributed by atoms with Gasteiger partial charge >= 0.3 is 0 Å². The highest BCUT2D eigenvalue weighted by Crippen LogP contribution is 2.28. The third kappa shape index (κ3) is 4.15. The van der Waals surface area contributed by atoms with Crippen LogP contribution in [-0.2, 0) is 0 Å². The quantitative estimate of drug-likeness (QED) is 0.359. The van der Waals surface area contributed by atoms with Crippen molar-refractivity contribution in [2.45, 2.75) is 17.4 Å². The topological polar surface area (TPSA) is 56.0 Å². The highest BCUT2D eigenvalue weighted by atomic mass is 79.9. The van der Waals surface area contributed by atoms with Gasteiger partial charge in [0, 0.05) is 20.1 Å². The summed E-state index contributed by atoms with van der Waals surface area (Å²) in [6, 6.07) is 14.9. The molecule has 1 atom stereocenters. The number of benzene rings is 2. The first-order valence-corrected chi connectivity index (χ1v) is 9.55. The molecule has 0 spiro atoms. The van der Waals surface area contributed by atoms with Crippen molar-refractivity contribution in [2.75, 3.05) is 0 Å². The minimum Gasteiger partial charge on any atom is -0.411 e. The predicted octanol–water partition coefficient (Wildman–Crippen LogP) is 5.63. The van der Waals surface area contributed by atoms with Gasteiger partial charge < -0.3 is 4.42 Å². The molecule has 0 aliphatic rings. The normalized spacial score (nSPS) is 12.1. The monoisotopic (exact) mass is 466 g/mol. The van der Waals surface area contributed by atoms with Crippen LogP contribution < -0.4 is 0 Å². The summed E-state index contributed by atoms with van der Waals surface area (Å²) in [5, 5.41) is 8.13. The molecule has 3 rings (SSSR count). The van der Waals surface area contributed by atoms with Gasteiger partial charge in [-0.3, -0.25) is 4.79 Å². The lowest BCUT2D eigenvalue weighted by Gasteiger charge is -2.07. The maximum absolute atomic E-state index is 12.4. The van der Waals surface area contributed by atoms with E-state index in [9.17, 15) is 4.79 Å². The van der Waals surface area contributed by atoms with E-state index in [0.29, 0.717) is 16.7 Å². The summed E-state index contributed by atoms with van der Waals surface area (Å²) in [4.78, 5) is 12.4. The minimum atomic E-state index is -0.315. The van der Waals surface area contributed by atoms with Crippen molar-refractivity contribution in [3.8, 4) is 11.5 Å². The number of carbonyl (C=O) groups is 1. The van der Waals surface area contributed by atoms with Gasteiger partial charge in [0.25, 0.3) is 5.22 Å². The molecule has 1 unspecified atom stereocenters. The zero-order valence-corrected chi connectivity index (χ0v) is 16.6. The van der Waals surface area contributed by atoms with E-state index in [1.165, 1.54) is 11.8 Å². The number of carbonyl (C=O) groups excluding carboxylic acids is 1. The van der Waals surface area contributed by atoms with E-state index >= 15 is 0 Å². The summed E-state index contributed by atoms with van der Waals surface area (Å²) in [6.45, 7) is 1.83. The Bertz CT molecular complexity index is 848. The van der Waals surface area contributed by atoms with Crippen molar-refractivity contribution < 1.29 is 9.21 Å². The smallest absolute Gasteiger partial charge is 0.277 e. The molecule has 24 heavy (non-hydrogen) atoms. The fourth-order valence-electron chi connectivity index (χ4n) is 2.02. The Morgan fingerprint density at radius 2 is 1.58 bits per heavy atom. The predicted molar refractivity (Wildman–Crippen MR) is 101 cm³/mol. The second kappa shape index (κ2) is 7.63. The number of ketones is 1. The number of Topliss-reactive ketones (excluding diaryl/α,β-unsaturated/α-hetero) is 1. The molecule has 0 fully saturated rings. The zero-order valence-electron chi connectivity index (χ0n) is 12.6. The maximum Gasteiger partial charge on any atom is 0.277 e. The van der Waals surface area contributed by atoms with Crippen molar-refractivity contribution in [3.63, 3.8) is 0 Å². The first-order valence-electron chi connectivity index (χ1n) is 7.09. The number of aromatic nitrogens is 2. The molecular formula is C17H12Br2N2O2S. The van der Waals surface area contributed by atoms with Crippen molar-refractivity contribution in [2.24, 2.45) is 0 Å².